The van der Waals surface area contributed by atoms with E-state index in [9.17, 15) is 4.79 Å². The third-order valence-corrected chi connectivity index (χ3v) is 3.22. The summed E-state index contributed by atoms with van der Waals surface area (Å²) in [7, 11) is 1.88. The molecule has 0 aromatic heterocycles. The summed E-state index contributed by atoms with van der Waals surface area (Å²) in [4.78, 5) is 15.7. The van der Waals surface area contributed by atoms with E-state index in [1.165, 1.54) is 0 Å². The van der Waals surface area contributed by atoms with Crippen LogP contribution in [0.15, 0.2) is 0 Å². The van der Waals surface area contributed by atoms with Gasteiger partial charge in [0.05, 0.1) is 19.3 Å². The topological polar surface area (TPSA) is 44.8 Å². The van der Waals surface area contributed by atoms with Gasteiger partial charge in [-0.1, -0.05) is 0 Å². The van der Waals surface area contributed by atoms with Crippen molar-refractivity contribution in [3.05, 3.63) is 0 Å². The van der Waals surface area contributed by atoms with E-state index in [2.05, 4.69) is 10.2 Å². The van der Waals surface area contributed by atoms with Crippen molar-refractivity contribution >= 4 is 5.91 Å². The van der Waals surface area contributed by atoms with E-state index >= 15 is 0 Å². The van der Waals surface area contributed by atoms with Crippen LogP contribution >= 0.6 is 0 Å². The molecule has 0 aliphatic carbocycles. The minimum absolute atomic E-state index is 0.223. The van der Waals surface area contributed by atoms with Crippen molar-refractivity contribution < 1.29 is 9.53 Å². The van der Waals surface area contributed by atoms with Crippen LogP contribution in [0.1, 0.15) is 6.42 Å². The number of carbonyl (C=O) groups is 1. The zero-order valence-corrected chi connectivity index (χ0v) is 9.95. The van der Waals surface area contributed by atoms with Crippen LogP contribution in [0, 0.1) is 0 Å². The van der Waals surface area contributed by atoms with Gasteiger partial charge in [-0.2, -0.15) is 0 Å². The van der Waals surface area contributed by atoms with Crippen molar-refractivity contribution in [3.8, 4) is 0 Å². The Morgan fingerprint density at radius 2 is 2.38 bits per heavy atom. The first-order valence-corrected chi connectivity index (χ1v) is 6.04. The Morgan fingerprint density at radius 1 is 1.50 bits per heavy atom. The molecule has 0 aromatic carbocycles. The molecule has 1 unspecified atom stereocenters. The zero-order chi connectivity index (χ0) is 11.4. The zero-order valence-electron chi connectivity index (χ0n) is 9.95. The SMILES string of the molecule is CN1CCCN(CC2CNCCO2)CC1=O. The summed E-state index contributed by atoms with van der Waals surface area (Å²) in [6.45, 7) is 5.91. The maximum atomic E-state index is 11.7. The number of nitrogens with zero attached hydrogens (tertiary/aromatic N) is 2. The van der Waals surface area contributed by atoms with Gasteiger partial charge in [0.15, 0.2) is 0 Å². The molecule has 5 nitrogen and oxygen atoms in total. The second-order valence-corrected chi connectivity index (χ2v) is 4.60. The number of amides is 1. The number of hydrogen-bond acceptors (Lipinski definition) is 4. The number of likely N-dealkylation sites (N-methyl/N-ethyl adjacent to an activating group) is 1. The fourth-order valence-corrected chi connectivity index (χ4v) is 2.23. The average molecular weight is 227 g/mol. The predicted molar refractivity (Wildman–Crippen MR) is 61.3 cm³/mol. The Hall–Kier alpha value is -0.650. The number of ether oxygens (including phenoxy) is 1. The standard InChI is InChI=1S/C11H21N3O2/c1-13-4-2-5-14(9-11(13)15)8-10-7-12-3-6-16-10/h10,12H,2-9H2,1H3. The number of nitrogens with one attached hydrogen (secondary N) is 1. The van der Waals surface area contributed by atoms with Crippen molar-refractivity contribution in [2.24, 2.45) is 0 Å². The van der Waals surface area contributed by atoms with E-state index in [1.807, 2.05) is 11.9 Å². The molecule has 16 heavy (non-hydrogen) atoms. The summed E-state index contributed by atoms with van der Waals surface area (Å²) in [5, 5.41) is 3.31. The van der Waals surface area contributed by atoms with E-state index in [-0.39, 0.29) is 12.0 Å². The van der Waals surface area contributed by atoms with Crippen molar-refractivity contribution in [2.45, 2.75) is 12.5 Å². The molecule has 2 fully saturated rings. The van der Waals surface area contributed by atoms with Crippen LogP contribution in [-0.2, 0) is 9.53 Å². The van der Waals surface area contributed by atoms with Gasteiger partial charge in [-0.25, -0.2) is 0 Å². The smallest absolute Gasteiger partial charge is 0.236 e. The molecule has 92 valence electrons. The molecule has 2 aliphatic rings. The summed E-state index contributed by atoms with van der Waals surface area (Å²) in [5.41, 5.74) is 0. The second-order valence-electron chi connectivity index (χ2n) is 4.60. The van der Waals surface area contributed by atoms with Crippen molar-refractivity contribution in [1.29, 1.82) is 0 Å². The predicted octanol–water partition coefficient (Wildman–Crippen LogP) is -0.861. The third kappa shape index (κ3) is 3.17. The minimum atomic E-state index is 0.223. The summed E-state index contributed by atoms with van der Waals surface area (Å²) in [6, 6.07) is 0. The first kappa shape index (κ1) is 11.8. The quantitative estimate of drug-likeness (QED) is 0.667. The second kappa shape index (κ2) is 5.61. The monoisotopic (exact) mass is 227 g/mol. The minimum Gasteiger partial charge on any atom is -0.374 e. The van der Waals surface area contributed by atoms with Crippen LogP contribution in [0.3, 0.4) is 0 Å². The summed E-state index contributed by atoms with van der Waals surface area (Å²) >= 11 is 0. The molecule has 2 rings (SSSR count). The van der Waals surface area contributed by atoms with Crippen LogP contribution in [0.2, 0.25) is 0 Å². The number of morpholine rings is 1. The summed E-state index contributed by atoms with van der Waals surface area (Å²) in [6.07, 6.45) is 1.30. The van der Waals surface area contributed by atoms with E-state index in [0.717, 1.165) is 45.8 Å². The highest BCUT2D eigenvalue weighted by molar-refractivity contribution is 5.78. The largest absolute Gasteiger partial charge is 0.374 e. The molecule has 0 radical (unpaired) electrons. The molecule has 0 saturated carbocycles. The Bertz CT molecular complexity index is 241. The number of carbonyl (C=O) groups excluding carboxylic acids is 1. The first-order valence-electron chi connectivity index (χ1n) is 6.04. The van der Waals surface area contributed by atoms with Crippen molar-refractivity contribution in [3.63, 3.8) is 0 Å². The van der Waals surface area contributed by atoms with E-state index < -0.39 is 0 Å². The van der Waals surface area contributed by atoms with Crippen molar-refractivity contribution in [1.82, 2.24) is 15.1 Å². The lowest BCUT2D eigenvalue weighted by Crippen LogP contribution is -2.46. The fourth-order valence-electron chi connectivity index (χ4n) is 2.23. The molecule has 5 heteroatoms. The Labute approximate surface area is 96.7 Å². The van der Waals surface area contributed by atoms with Crippen molar-refractivity contribution in [2.75, 3.05) is 52.9 Å². The van der Waals surface area contributed by atoms with Gasteiger partial charge < -0.3 is 15.0 Å². The van der Waals surface area contributed by atoms with E-state index in [4.69, 9.17) is 4.74 Å². The lowest BCUT2D eigenvalue weighted by molar-refractivity contribution is -0.130. The van der Waals surface area contributed by atoms with Gasteiger partial charge in [0.1, 0.15) is 0 Å². The van der Waals surface area contributed by atoms with Gasteiger partial charge in [0.2, 0.25) is 5.91 Å². The molecule has 0 aromatic rings. The molecule has 2 saturated heterocycles. The van der Waals surface area contributed by atoms with Gasteiger partial charge in [0, 0.05) is 39.8 Å². The molecule has 0 bridgehead atoms. The van der Waals surface area contributed by atoms with Gasteiger partial charge in [-0.05, 0) is 6.42 Å². The van der Waals surface area contributed by atoms with Gasteiger partial charge in [0.25, 0.3) is 0 Å². The maximum absolute atomic E-state index is 11.7. The molecular formula is C11H21N3O2. The highest BCUT2D eigenvalue weighted by atomic mass is 16.5. The first-order chi connectivity index (χ1) is 7.75. The van der Waals surface area contributed by atoms with E-state index in [1.54, 1.807) is 0 Å². The Morgan fingerprint density at radius 3 is 3.12 bits per heavy atom. The van der Waals surface area contributed by atoms with Gasteiger partial charge in [-0.3, -0.25) is 9.69 Å². The Balaban J connectivity index is 1.81. The van der Waals surface area contributed by atoms with Gasteiger partial charge in [-0.15, -0.1) is 0 Å². The number of rotatable bonds is 2. The molecule has 2 heterocycles. The highest BCUT2D eigenvalue weighted by Gasteiger charge is 2.22. The van der Waals surface area contributed by atoms with Crippen LogP contribution in [0.25, 0.3) is 0 Å². The van der Waals surface area contributed by atoms with Crippen LogP contribution in [0.4, 0.5) is 0 Å². The highest BCUT2D eigenvalue weighted by Crippen LogP contribution is 2.06. The van der Waals surface area contributed by atoms with E-state index in [0.29, 0.717) is 6.54 Å². The maximum Gasteiger partial charge on any atom is 0.236 e. The average Bonchev–Trinajstić information content (AvgIpc) is 2.43. The normalized spacial score (nSPS) is 29.2. The molecule has 1 atom stereocenters. The fraction of sp³-hybridized carbons (Fsp3) is 0.909. The summed E-state index contributed by atoms with van der Waals surface area (Å²) in [5.74, 6) is 0.223. The molecule has 0 spiro atoms. The molecule has 1 N–H and O–H groups in total. The van der Waals surface area contributed by atoms with Gasteiger partial charge >= 0.3 is 0 Å². The van der Waals surface area contributed by atoms with Crippen LogP contribution in [-0.4, -0.2) is 74.7 Å². The Kier molecular flexibility index (Phi) is 4.15. The molecular weight excluding hydrogens is 206 g/mol. The van der Waals surface area contributed by atoms with Crippen LogP contribution < -0.4 is 5.32 Å². The summed E-state index contributed by atoms with van der Waals surface area (Å²) < 4.78 is 5.65. The van der Waals surface area contributed by atoms with Crippen LogP contribution in [0.5, 0.6) is 0 Å². The molecule has 1 amide bonds. The third-order valence-electron chi connectivity index (χ3n) is 3.22. The molecule has 2 aliphatic heterocycles. The number of hydrogen-bond donors (Lipinski definition) is 1. The lowest BCUT2D eigenvalue weighted by Gasteiger charge is -2.29. The lowest BCUT2D eigenvalue weighted by atomic mass is 10.2.